The third kappa shape index (κ3) is 3.70. The number of nitrogens with zero attached hydrogens (tertiary/aromatic N) is 2. The Morgan fingerprint density at radius 1 is 1.61 bits per heavy atom. The first-order valence-electron chi connectivity index (χ1n) is 6.09. The zero-order valence-electron chi connectivity index (χ0n) is 11.4. The van der Waals surface area contributed by atoms with Crippen LogP contribution in [-0.2, 0) is 0 Å². The highest BCUT2D eigenvalue weighted by atomic mass is 16.3. The Labute approximate surface area is 108 Å². The molecule has 1 amide bonds. The fraction of sp³-hybridized carbons (Fsp3) is 0.538. The molecule has 100 valence electrons. The zero-order valence-corrected chi connectivity index (χ0v) is 11.4. The highest BCUT2D eigenvalue weighted by Crippen LogP contribution is 2.17. The predicted octanol–water partition coefficient (Wildman–Crippen LogP) is 1.27. The Balaban J connectivity index is 2.97. The van der Waals surface area contributed by atoms with Crippen LogP contribution in [0.3, 0.4) is 0 Å². The standard InChI is InChI=1S/C13H21N3O2/c1-5-14-12-6-9(2)15-7-11(12)13(18)16(4)8-10(3)17/h6-7,10,17H,5,8H2,1-4H3,(H,14,15). The van der Waals surface area contributed by atoms with Gasteiger partial charge < -0.3 is 15.3 Å². The van der Waals surface area contributed by atoms with Crippen molar-refractivity contribution in [3.63, 3.8) is 0 Å². The topological polar surface area (TPSA) is 65.5 Å². The lowest BCUT2D eigenvalue weighted by atomic mass is 10.1. The first-order valence-corrected chi connectivity index (χ1v) is 6.09. The fourth-order valence-corrected chi connectivity index (χ4v) is 1.75. The van der Waals surface area contributed by atoms with Crippen LogP contribution in [0.2, 0.25) is 0 Å². The molecule has 18 heavy (non-hydrogen) atoms. The van der Waals surface area contributed by atoms with Gasteiger partial charge in [-0.25, -0.2) is 0 Å². The maximum absolute atomic E-state index is 12.2. The Bertz CT molecular complexity index is 419. The van der Waals surface area contributed by atoms with Gasteiger partial charge in [-0.1, -0.05) is 0 Å². The Morgan fingerprint density at radius 2 is 2.28 bits per heavy atom. The molecule has 0 aliphatic heterocycles. The number of aliphatic hydroxyl groups is 1. The van der Waals surface area contributed by atoms with Gasteiger partial charge in [0.1, 0.15) is 0 Å². The van der Waals surface area contributed by atoms with Gasteiger partial charge in [-0.05, 0) is 26.8 Å². The SMILES string of the molecule is CCNc1cc(C)ncc1C(=O)N(C)CC(C)O. The number of hydrogen-bond acceptors (Lipinski definition) is 4. The summed E-state index contributed by atoms with van der Waals surface area (Å²) in [6, 6.07) is 1.85. The first-order chi connectivity index (χ1) is 8.45. The molecule has 5 nitrogen and oxygen atoms in total. The van der Waals surface area contributed by atoms with E-state index in [-0.39, 0.29) is 5.91 Å². The summed E-state index contributed by atoms with van der Waals surface area (Å²) in [5.74, 6) is -0.139. The van der Waals surface area contributed by atoms with E-state index < -0.39 is 6.10 Å². The van der Waals surface area contributed by atoms with Crippen molar-refractivity contribution in [3.8, 4) is 0 Å². The Kier molecular flexibility index (Phi) is 5.09. The largest absolute Gasteiger partial charge is 0.392 e. The number of anilines is 1. The quantitative estimate of drug-likeness (QED) is 0.827. The maximum Gasteiger partial charge on any atom is 0.257 e. The molecule has 0 bridgehead atoms. The van der Waals surface area contributed by atoms with Gasteiger partial charge >= 0.3 is 0 Å². The van der Waals surface area contributed by atoms with Crippen molar-refractivity contribution in [1.82, 2.24) is 9.88 Å². The summed E-state index contributed by atoms with van der Waals surface area (Å²) in [4.78, 5) is 17.9. The van der Waals surface area contributed by atoms with Gasteiger partial charge in [-0.15, -0.1) is 0 Å². The molecule has 2 N–H and O–H groups in total. The van der Waals surface area contributed by atoms with Crippen molar-refractivity contribution in [3.05, 3.63) is 23.5 Å². The molecule has 5 heteroatoms. The number of hydrogen-bond donors (Lipinski definition) is 2. The summed E-state index contributed by atoms with van der Waals surface area (Å²) in [6.45, 7) is 6.56. The van der Waals surface area contributed by atoms with Gasteiger partial charge in [0.05, 0.1) is 17.4 Å². The number of aromatic nitrogens is 1. The summed E-state index contributed by atoms with van der Waals surface area (Å²) < 4.78 is 0. The van der Waals surface area contributed by atoms with Crippen LogP contribution in [0.4, 0.5) is 5.69 Å². The lowest BCUT2D eigenvalue weighted by Crippen LogP contribution is -2.33. The number of aliphatic hydroxyl groups excluding tert-OH is 1. The van der Waals surface area contributed by atoms with E-state index in [0.29, 0.717) is 12.1 Å². The van der Waals surface area contributed by atoms with Crippen molar-refractivity contribution in [2.24, 2.45) is 0 Å². The van der Waals surface area contributed by atoms with E-state index >= 15 is 0 Å². The number of carbonyl (C=O) groups excluding carboxylic acids is 1. The molecule has 1 unspecified atom stereocenters. The summed E-state index contributed by atoms with van der Waals surface area (Å²) >= 11 is 0. The van der Waals surface area contributed by atoms with E-state index in [1.807, 2.05) is 19.9 Å². The molecule has 0 spiro atoms. The Morgan fingerprint density at radius 3 is 2.83 bits per heavy atom. The van der Waals surface area contributed by atoms with Crippen LogP contribution in [0.1, 0.15) is 29.9 Å². The average Bonchev–Trinajstić information content (AvgIpc) is 2.28. The normalized spacial score (nSPS) is 12.1. The number of rotatable bonds is 5. The third-order valence-corrected chi connectivity index (χ3v) is 2.52. The molecular weight excluding hydrogens is 230 g/mol. The molecule has 0 fully saturated rings. The van der Waals surface area contributed by atoms with Crippen molar-refractivity contribution in [1.29, 1.82) is 0 Å². The molecule has 1 atom stereocenters. The molecule has 0 radical (unpaired) electrons. The minimum Gasteiger partial charge on any atom is -0.392 e. The van der Waals surface area contributed by atoms with E-state index in [0.717, 1.165) is 17.9 Å². The Hall–Kier alpha value is -1.62. The maximum atomic E-state index is 12.2. The average molecular weight is 251 g/mol. The van der Waals surface area contributed by atoms with Gasteiger partial charge in [0.25, 0.3) is 5.91 Å². The number of amides is 1. The molecule has 0 saturated heterocycles. The van der Waals surface area contributed by atoms with Gasteiger partial charge in [0, 0.05) is 32.0 Å². The van der Waals surface area contributed by atoms with Crippen LogP contribution in [0, 0.1) is 6.92 Å². The molecule has 1 aromatic rings. The fourth-order valence-electron chi connectivity index (χ4n) is 1.75. The van der Waals surface area contributed by atoms with Crippen LogP contribution in [0.15, 0.2) is 12.3 Å². The van der Waals surface area contributed by atoms with E-state index in [1.165, 1.54) is 4.90 Å². The van der Waals surface area contributed by atoms with Gasteiger partial charge in [0.2, 0.25) is 0 Å². The summed E-state index contributed by atoms with van der Waals surface area (Å²) in [5.41, 5.74) is 2.18. The van der Waals surface area contributed by atoms with Crippen molar-refractivity contribution in [2.45, 2.75) is 26.9 Å². The van der Waals surface area contributed by atoms with Crippen molar-refractivity contribution in [2.75, 3.05) is 25.5 Å². The second-order valence-corrected chi connectivity index (χ2v) is 4.44. The van der Waals surface area contributed by atoms with Crippen LogP contribution in [0.5, 0.6) is 0 Å². The molecular formula is C13H21N3O2. The lowest BCUT2D eigenvalue weighted by Gasteiger charge is -2.20. The van der Waals surface area contributed by atoms with Crippen molar-refractivity contribution < 1.29 is 9.90 Å². The molecule has 0 saturated carbocycles. The number of likely N-dealkylation sites (N-methyl/N-ethyl adjacent to an activating group) is 1. The lowest BCUT2D eigenvalue weighted by molar-refractivity contribution is 0.0704. The highest BCUT2D eigenvalue weighted by Gasteiger charge is 2.17. The van der Waals surface area contributed by atoms with Crippen LogP contribution >= 0.6 is 0 Å². The monoisotopic (exact) mass is 251 g/mol. The number of nitrogens with one attached hydrogen (secondary N) is 1. The van der Waals surface area contributed by atoms with Crippen LogP contribution in [-0.4, -0.2) is 47.1 Å². The minimum absolute atomic E-state index is 0.139. The molecule has 0 aliphatic carbocycles. The van der Waals surface area contributed by atoms with Gasteiger partial charge in [-0.3, -0.25) is 9.78 Å². The summed E-state index contributed by atoms with van der Waals surface area (Å²) in [5, 5.41) is 12.5. The van der Waals surface area contributed by atoms with Gasteiger partial charge in [-0.2, -0.15) is 0 Å². The summed E-state index contributed by atoms with van der Waals surface area (Å²) in [7, 11) is 1.67. The first kappa shape index (κ1) is 14.4. The predicted molar refractivity (Wildman–Crippen MR) is 71.8 cm³/mol. The summed E-state index contributed by atoms with van der Waals surface area (Å²) in [6.07, 6.45) is 1.04. The molecule has 0 aromatic carbocycles. The van der Waals surface area contributed by atoms with E-state index in [2.05, 4.69) is 10.3 Å². The molecule has 0 aliphatic rings. The second-order valence-electron chi connectivity index (χ2n) is 4.44. The molecule has 1 heterocycles. The van der Waals surface area contributed by atoms with E-state index in [9.17, 15) is 9.90 Å². The van der Waals surface area contributed by atoms with Gasteiger partial charge in [0.15, 0.2) is 0 Å². The van der Waals surface area contributed by atoms with E-state index in [4.69, 9.17) is 0 Å². The molecule has 1 rings (SSSR count). The van der Waals surface area contributed by atoms with Crippen molar-refractivity contribution >= 4 is 11.6 Å². The third-order valence-electron chi connectivity index (χ3n) is 2.52. The minimum atomic E-state index is -0.542. The number of aryl methyl sites for hydroxylation is 1. The highest BCUT2D eigenvalue weighted by molar-refractivity contribution is 5.99. The van der Waals surface area contributed by atoms with Crippen LogP contribution in [0.25, 0.3) is 0 Å². The zero-order chi connectivity index (χ0) is 13.7. The second kappa shape index (κ2) is 6.35. The molecule has 1 aromatic heterocycles. The number of carbonyl (C=O) groups is 1. The smallest absolute Gasteiger partial charge is 0.257 e. The van der Waals surface area contributed by atoms with E-state index in [1.54, 1.807) is 20.2 Å². The van der Waals surface area contributed by atoms with Crippen LogP contribution < -0.4 is 5.32 Å². The number of pyridine rings is 1.